The lowest BCUT2D eigenvalue weighted by molar-refractivity contribution is 0.307. The van der Waals surface area contributed by atoms with E-state index in [2.05, 4.69) is 38.7 Å². The van der Waals surface area contributed by atoms with Crippen molar-refractivity contribution in [2.24, 2.45) is 5.92 Å². The monoisotopic (exact) mass is 283 g/mol. The fraction of sp³-hybridized carbons (Fsp3) is 0.353. The van der Waals surface area contributed by atoms with Crippen LogP contribution in [-0.4, -0.2) is 29.1 Å². The maximum Gasteiger partial charge on any atom is 0.139 e. The van der Waals surface area contributed by atoms with Crippen LogP contribution in [0.2, 0.25) is 0 Å². The summed E-state index contributed by atoms with van der Waals surface area (Å²) in [6.45, 7) is 1.69. The molecule has 2 aromatic heterocycles. The number of halogens is 1. The average Bonchev–Trinajstić information content (AvgIpc) is 2.92. The number of benzene rings is 1. The number of imidazole rings is 1. The molecule has 1 saturated heterocycles. The highest BCUT2D eigenvalue weighted by Gasteiger charge is 2.19. The van der Waals surface area contributed by atoms with E-state index in [0.29, 0.717) is 0 Å². The van der Waals surface area contributed by atoms with Crippen molar-refractivity contribution in [1.82, 2.24) is 9.38 Å². The lowest BCUT2D eigenvalue weighted by Crippen LogP contribution is -2.34. The molecule has 0 radical (unpaired) electrons. The minimum absolute atomic E-state index is 0.182. The fourth-order valence-electron chi connectivity index (χ4n) is 3.20. The van der Waals surface area contributed by atoms with E-state index in [-0.39, 0.29) is 12.6 Å². The van der Waals surface area contributed by atoms with Gasteiger partial charge in [0.05, 0.1) is 17.7 Å². The first-order valence-electron chi connectivity index (χ1n) is 7.53. The summed E-state index contributed by atoms with van der Waals surface area (Å²) in [6.07, 6.45) is 3.97. The quantitative estimate of drug-likeness (QED) is 0.715. The van der Waals surface area contributed by atoms with Crippen LogP contribution in [0, 0.1) is 5.92 Å². The maximum atomic E-state index is 12.7. The van der Waals surface area contributed by atoms with Crippen molar-refractivity contribution < 1.29 is 4.39 Å². The fourth-order valence-corrected chi connectivity index (χ4v) is 3.20. The number of piperidine rings is 1. The number of hydrogen-bond donors (Lipinski definition) is 0. The normalized spacial score (nSPS) is 16.9. The number of anilines is 1. The molecule has 3 nitrogen and oxygen atoms in total. The van der Waals surface area contributed by atoms with Crippen molar-refractivity contribution in [3.63, 3.8) is 0 Å². The molecule has 1 aliphatic rings. The molecule has 4 rings (SSSR count). The van der Waals surface area contributed by atoms with Crippen LogP contribution >= 0.6 is 0 Å². The second-order valence-corrected chi connectivity index (χ2v) is 5.80. The van der Waals surface area contributed by atoms with Gasteiger partial charge in [0.1, 0.15) is 5.65 Å². The summed E-state index contributed by atoms with van der Waals surface area (Å²) < 4.78 is 14.8. The molecule has 0 unspecified atom stereocenters. The van der Waals surface area contributed by atoms with Crippen LogP contribution in [0.15, 0.2) is 42.6 Å². The molecule has 0 saturated carbocycles. The van der Waals surface area contributed by atoms with E-state index < -0.39 is 0 Å². The molecule has 0 bridgehead atoms. The molecule has 108 valence electrons. The summed E-state index contributed by atoms with van der Waals surface area (Å²) in [6, 6.07) is 12.4. The average molecular weight is 283 g/mol. The third kappa shape index (κ3) is 2.15. The van der Waals surface area contributed by atoms with E-state index in [4.69, 9.17) is 0 Å². The molecular formula is C17H18FN3. The molecule has 0 N–H and O–H groups in total. The Morgan fingerprint density at radius 3 is 2.76 bits per heavy atom. The Balaban J connectivity index is 1.69. The zero-order valence-corrected chi connectivity index (χ0v) is 11.9. The molecule has 1 fully saturated rings. The lowest BCUT2D eigenvalue weighted by atomic mass is 9.98. The smallest absolute Gasteiger partial charge is 0.139 e. The predicted molar refractivity (Wildman–Crippen MR) is 83.6 cm³/mol. The van der Waals surface area contributed by atoms with Gasteiger partial charge in [0.15, 0.2) is 0 Å². The minimum atomic E-state index is -0.182. The number of nitrogens with zero attached hydrogens (tertiary/aromatic N) is 3. The van der Waals surface area contributed by atoms with Gasteiger partial charge in [0.2, 0.25) is 0 Å². The van der Waals surface area contributed by atoms with Gasteiger partial charge in [-0.2, -0.15) is 0 Å². The van der Waals surface area contributed by atoms with Crippen molar-refractivity contribution in [2.45, 2.75) is 12.8 Å². The Morgan fingerprint density at radius 1 is 1.14 bits per heavy atom. The molecule has 3 aromatic rings. The predicted octanol–water partition coefficient (Wildman–Crippen LogP) is 3.67. The van der Waals surface area contributed by atoms with Crippen LogP contribution < -0.4 is 4.90 Å². The molecular weight excluding hydrogens is 265 g/mol. The van der Waals surface area contributed by atoms with Crippen LogP contribution in [0.4, 0.5) is 10.1 Å². The van der Waals surface area contributed by atoms with E-state index in [1.807, 2.05) is 18.2 Å². The summed E-state index contributed by atoms with van der Waals surface area (Å²) in [5, 5.41) is 0. The molecule has 3 heterocycles. The van der Waals surface area contributed by atoms with Gasteiger partial charge in [-0.1, -0.05) is 12.1 Å². The largest absolute Gasteiger partial charge is 0.371 e. The van der Waals surface area contributed by atoms with Gasteiger partial charge in [0, 0.05) is 31.0 Å². The highest BCUT2D eigenvalue weighted by Crippen LogP contribution is 2.26. The second kappa shape index (κ2) is 5.02. The topological polar surface area (TPSA) is 20.5 Å². The van der Waals surface area contributed by atoms with Gasteiger partial charge >= 0.3 is 0 Å². The Kier molecular flexibility index (Phi) is 3.02. The van der Waals surface area contributed by atoms with E-state index in [1.165, 1.54) is 5.69 Å². The third-order valence-electron chi connectivity index (χ3n) is 4.49. The van der Waals surface area contributed by atoms with Crippen molar-refractivity contribution in [2.75, 3.05) is 24.7 Å². The SMILES string of the molecule is FCC1CCN(c2ccn3c(c2)nc2ccccc23)CC1. The second-order valence-electron chi connectivity index (χ2n) is 5.80. The number of fused-ring (bicyclic) bond motifs is 3. The number of pyridine rings is 1. The van der Waals surface area contributed by atoms with E-state index in [0.717, 1.165) is 42.6 Å². The van der Waals surface area contributed by atoms with Gasteiger partial charge in [-0.15, -0.1) is 0 Å². The molecule has 1 aromatic carbocycles. The molecule has 21 heavy (non-hydrogen) atoms. The summed E-state index contributed by atoms with van der Waals surface area (Å²) >= 11 is 0. The standard InChI is InChI=1S/C17H18FN3/c18-12-13-5-8-20(9-6-13)14-7-10-21-16-4-2-1-3-15(16)19-17(21)11-14/h1-4,7,10-11,13H,5-6,8-9,12H2. The van der Waals surface area contributed by atoms with Crippen LogP contribution in [0.5, 0.6) is 0 Å². The molecule has 4 heteroatoms. The molecule has 0 aliphatic carbocycles. The molecule has 1 aliphatic heterocycles. The Labute approximate surface area is 123 Å². The zero-order valence-electron chi connectivity index (χ0n) is 11.9. The first-order valence-corrected chi connectivity index (χ1v) is 7.53. The summed E-state index contributed by atoms with van der Waals surface area (Å²) in [5.41, 5.74) is 4.32. The maximum absolute atomic E-state index is 12.7. The third-order valence-corrected chi connectivity index (χ3v) is 4.49. The van der Waals surface area contributed by atoms with Crippen molar-refractivity contribution >= 4 is 22.4 Å². The number of para-hydroxylation sites is 2. The number of rotatable bonds is 2. The van der Waals surface area contributed by atoms with E-state index in [1.54, 1.807) is 0 Å². The molecule has 0 atom stereocenters. The van der Waals surface area contributed by atoms with Gasteiger partial charge in [0.25, 0.3) is 0 Å². The van der Waals surface area contributed by atoms with Gasteiger partial charge in [-0.05, 0) is 37.0 Å². The van der Waals surface area contributed by atoms with E-state index >= 15 is 0 Å². The van der Waals surface area contributed by atoms with Crippen molar-refractivity contribution in [3.05, 3.63) is 42.6 Å². The Morgan fingerprint density at radius 2 is 1.95 bits per heavy atom. The summed E-state index contributed by atoms with van der Waals surface area (Å²) in [5.74, 6) is 0.249. The van der Waals surface area contributed by atoms with Gasteiger partial charge < -0.3 is 4.90 Å². The van der Waals surface area contributed by atoms with Crippen LogP contribution in [0.3, 0.4) is 0 Å². The van der Waals surface area contributed by atoms with Crippen LogP contribution in [-0.2, 0) is 0 Å². The van der Waals surface area contributed by atoms with Gasteiger partial charge in [-0.3, -0.25) is 8.79 Å². The number of hydrogen-bond acceptors (Lipinski definition) is 2. The van der Waals surface area contributed by atoms with E-state index in [9.17, 15) is 4.39 Å². The number of alkyl halides is 1. The first-order chi connectivity index (χ1) is 10.3. The zero-order chi connectivity index (χ0) is 14.2. The molecule has 0 amide bonds. The highest BCUT2D eigenvalue weighted by molar-refractivity contribution is 5.81. The highest BCUT2D eigenvalue weighted by atomic mass is 19.1. The Hall–Kier alpha value is -2.10. The minimum Gasteiger partial charge on any atom is -0.371 e. The lowest BCUT2D eigenvalue weighted by Gasteiger charge is -2.32. The van der Waals surface area contributed by atoms with Gasteiger partial charge in [-0.25, -0.2) is 4.98 Å². The molecule has 0 spiro atoms. The van der Waals surface area contributed by atoms with Crippen LogP contribution in [0.25, 0.3) is 16.7 Å². The number of aromatic nitrogens is 2. The summed E-state index contributed by atoms with van der Waals surface area (Å²) in [4.78, 5) is 7.02. The van der Waals surface area contributed by atoms with Crippen LogP contribution in [0.1, 0.15) is 12.8 Å². The first kappa shape index (κ1) is 12.6. The van der Waals surface area contributed by atoms with Crippen molar-refractivity contribution in [1.29, 1.82) is 0 Å². The summed E-state index contributed by atoms with van der Waals surface area (Å²) in [7, 11) is 0. The van der Waals surface area contributed by atoms with Crippen molar-refractivity contribution in [3.8, 4) is 0 Å². The Bertz CT molecular complexity index is 772.